The number of nitrogens with zero attached hydrogens (tertiary/aromatic N) is 3. The van der Waals surface area contributed by atoms with E-state index < -0.39 is 0 Å². The van der Waals surface area contributed by atoms with E-state index in [-0.39, 0.29) is 0 Å². The van der Waals surface area contributed by atoms with Crippen LogP contribution in [0.4, 0.5) is 0 Å². The maximum atomic E-state index is 4.17. The summed E-state index contributed by atoms with van der Waals surface area (Å²) in [5, 5.41) is 0. The molecule has 0 radical (unpaired) electrons. The lowest BCUT2D eigenvalue weighted by atomic mass is 10.2. The molecule has 1 aromatic rings. The summed E-state index contributed by atoms with van der Waals surface area (Å²) in [5.74, 6) is 1.53. The maximum Gasteiger partial charge on any atom is 0.125 e. The zero-order valence-corrected chi connectivity index (χ0v) is 9.49. The molecule has 0 aliphatic carbocycles. The summed E-state index contributed by atoms with van der Waals surface area (Å²) in [4.78, 5) is 10.6. The molecule has 0 bridgehead atoms. The Morgan fingerprint density at radius 1 is 1.29 bits per heavy atom. The van der Waals surface area contributed by atoms with Crippen LogP contribution in [0.5, 0.6) is 0 Å². The van der Waals surface area contributed by atoms with Crippen molar-refractivity contribution in [2.45, 2.75) is 27.3 Å². The van der Waals surface area contributed by atoms with Gasteiger partial charge >= 0.3 is 0 Å². The highest BCUT2D eigenvalue weighted by Gasteiger charge is 2.03. The van der Waals surface area contributed by atoms with Crippen LogP contribution >= 0.6 is 0 Å². The molecule has 3 nitrogen and oxygen atoms in total. The minimum absolute atomic E-state index is 0.700. The Labute approximate surface area is 86.2 Å². The molecule has 1 aromatic heterocycles. The van der Waals surface area contributed by atoms with Crippen molar-refractivity contribution >= 4 is 0 Å². The highest BCUT2D eigenvalue weighted by atomic mass is 15.1. The molecule has 0 saturated heterocycles. The van der Waals surface area contributed by atoms with E-state index in [4.69, 9.17) is 0 Å². The topological polar surface area (TPSA) is 29.0 Å². The Bertz CT molecular complexity index is 266. The molecule has 0 unspecified atom stereocenters. The molecule has 3 heteroatoms. The summed E-state index contributed by atoms with van der Waals surface area (Å²) in [5.41, 5.74) is 1.18. The molecular weight excluding hydrogens is 174 g/mol. The van der Waals surface area contributed by atoms with E-state index >= 15 is 0 Å². The second-order valence-electron chi connectivity index (χ2n) is 4.23. The van der Waals surface area contributed by atoms with Gasteiger partial charge in [-0.05, 0) is 19.9 Å². The molecular formula is C11H19N3. The smallest absolute Gasteiger partial charge is 0.125 e. The first-order valence-electron chi connectivity index (χ1n) is 5.04. The predicted octanol–water partition coefficient (Wildman–Crippen LogP) is 1.87. The quantitative estimate of drug-likeness (QED) is 0.731. The number of aryl methyl sites for hydroxylation is 1. The highest BCUT2D eigenvalue weighted by molar-refractivity contribution is 5.04. The molecule has 0 N–H and O–H groups in total. The van der Waals surface area contributed by atoms with Crippen molar-refractivity contribution in [3.05, 3.63) is 23.8 Å². The lowest BCUT2D eigenvalue weighted by molar-refractivity contribution is 0.288. The van der Waals surface area contributed by atoms with Crippen LogP contribution in [0.3, 0.4) is 0 Å². The zero-order valence-electron chi connectivity index (χ0n) is 9.49. The Balaban J connectivity index is 2.47. The van der Waals surface area contributed by atoms with Crippen molar-refractivity contribution in [2.75, 3.05) is 13.6 Å². The van der Waals surface area contributed by atoms with Gasteiger partial charge in [-0.25, -0.2) is 9.97 Å². The van der Waals surface area contributed by atoms with Gasteiger partial charge in [0.2, 0.25) is 0 Å². The fourth-order valence-electron chi connectivity index (χ4n) is 1.50. The largest absolute Gasteiger partial charge is 0.302 e. The number of hydrogen-bond donors (Lipinski definition) is 0. The summed E-state index contributed by atoms with van der Waals surface area (Å²) in [6, 6.07) is 0. The minimum atomic E-state index is 0.700. The SMILES string of the molecule is Cc1ncc(CN(C)CC(C)C)cn1. The molecule has 0 amide bonds. The second-order valence-corrected chi connectivity index (χ2v) is 4.23. The molecule has 1 heterocycles. The average molecular weight is 193 g/mol. The fraction of sp³-hybridized carbons (Fsp3) is 0.636. The monoisotopic (exact) mass is 193 g/mol. The molecule has 0 spiro atoms. The van der Waals surface area contributed by atoms with Gasteiger partial charge in [-0.3, -0.25) is 0 Å². The number of hydrogen-bond acceptors (Lipinski definition) is 3. The Kier molecular flexibility index (Phi) is 4.01. The Hall–Kier alpha value is -0.960. The number of rotatable bonds is 4. The lowest BCUT2D eigenvalue weighted by Gasteiger charge is -2.18. The summed E-state index contributed by atoms with van der Waals surface area (Å²) in [6.45, 7) is 8.39. The predicted molar refractivity (Wildman–Crippen MR) is 57.9 cm³/mol. The van der Waals surface area contributed by atoms with Crippen LogP contribution in [0.15, 0.2) is 12.4 Å². The van der Waals surface area contributed by atoms with Crippen LogP contribution in [0, 0.1) is 12.8 Å². The Morgan fingerprint density at radius 2 is 1.86 bits per heavy atom. The van der Waals surface area contributed by atoms with Gasteiger partial charge in [-0.15, -0.1) is 0 Å². The van der Waals surface area contributed by atoms with E-state index in [1.165, 1.54) is 5.56 Å². The first-order chi connectivity index (χ1) is 6.58. The maximum absolute atomic E-state index is 4.17. The molecule has 1 rings (SSSR count). The Morgan fingerprint density at radius 3 is 2.36 bits per heavy atom. The van der Waals surface area contributed by atoms with E-state index in [1.807, 2.05) is 19.3 Å². The van der Waals surface area contributed by atoms with E-state index in [0.29, 0.717) is 5.92 Å². The third-order valence-electron chi connectivity index (χ3n) is 1.96. The summed E-state index contributed by atoms with van der Waals surface area (Å²) in [6.07, 6.45) is 3.80. The number of aromatic nitrogens is 2. The molecule has 14 heavy (non-hydrogen) atoms. The van der Waals surface area contributed by atoms with Gasteiger partial charge in [0, 0.05) is 31.0 Å². The summed E-state index contributed by atoms with van der Waals surface area (Å²) >= 11 is 0. The summed E-state index contributed by atoms with van der Waals surface area (Å²) < 4.78 is 0. The third-order valence-corrected chi connectivity index (χ3v) is 1.96. The molecule has 0 fully saturated rings. The fourth-order valence-corrected chi connectivity index (χ4v) is 1.50. The summed E-state index contributed by atoms with van der Waals surface area (Å²) in [7, 11) is 2.12. The minimum Gasteiger partial charge on any atom is -0.302 e. The van der Waals surface area contributed by atoms with Crippen LogP contribution in [-0.4, -0.2) is 28.5 Å². The first-order valence-corrected chi connectivity index (χ1v) is 5.04. The van der Waals surface area contributed by atoms with Gasteiger partial charge in [0.15, 0.2) is 0 Å². The van der Waals surface area contributed by atoms with E-state index in [0.717, 1.165) is 18.9 Å². The zero-order chi connectivity index (χ0) is 10.6. The molecule has 0 atom stereocenters. The van der Waals surface area contributed by atoms with Crippen LogP contribution < -0.4 is 0 Å². The normalized spacial score (nSPS) is 11.3. The van der Waals surface area contributed by atoms with Gasteiger partial charge in [0.05, 0.1) is 0 Å². The second kappa shape index (κ2) is 5.05. The van der Waals surface area contributed by atoms with Crippen molar-refractivity contribution in [1.29, 1.82) is 0 Å². The van der Waals surface area contributed by atoms with E-state index in [2.05, 4.69) is 35.8 Å². The van der Waals surface area contributed by atoms with Crippen molar-refractivity contribution in [3.63, 3.8) is 0 Å². The first kappa shape index (κ1) is 11.1. The van der Waals surface area contributed by atoms with Gasteiger partial charge in [-0.1, -0.05) is 13.8 Å². The van der Waals surface area contributed by atoms with E-state index in [1.54, 1.807) is 0 Å². The van der Waals surface area contributed by atoms with Crippen LogP contribution in [0.2, 0.25) is 0 Å². The average Bonchev–Trinajstić information content (AvgIpc) is 2.07. The van der Waals surface area contributed by atoms with Gasteiger partial charge < -0.3 is 4.90 Å². The standard InChI is InChI=1S/C11H19N3/c1-9(2)7-14(4)8-11-5-12-10(3)13-6-11/h5-6,9H,7-8H2,1-4H3. The van der Waals surface area contributed by atoms with E-state index in [9.17, 15) is 0 Å². The van der Waals surface area contributed by atoms with Gasteiger partial charge in [0.25, 0.3) is 0 Å². The molecule has 78 valence electrons. The van der Waals surface area contributed by atoms with Crippen LogP contribution in [0.25, 0.3) is 0 Å². The molecule has 0 aliphatic heterocycles. The van der Waals surface area contributed by atoms with Crippen molar-refractivity contribution < 1.29 is 0 Å². The van der Waals surface area contributed by atoms with Crippen LogP contribution in [0.1, 0.15) is 25.2 Å². The molecule has 0 aromatic carbocycles. The molecule has 0 saturated carbocycles. The third kappa shape index (κ3) is 3.83. The van der Waals surface area contributed by atoms with Crippen LogP contribution in [-0.2, 0) is 6.54 Å². The van der Waals surface area contributed by atoms with Crippen molar-refractivity contribution in [2.24, 2.45) is 5.92 Å². The molecule has 0 aliphatic rings. The van der Waals surface area contributed by atoms with Crippen molar-refractivity contribution in [1.82, 2.24) is 14.9 Å². The van der Waals surface area contributed by atoms with Crippen molar-refractivity contribution in [3.8, 4) is 0 Å². The van der Waals surface area contributed by atoms with Gasteiger partial charge in [0.1, 0.15) is 5.82 Å². The van der Waals surface area contributed by atoms with Gasteiger partial charge in [-0.2, -0.15) is 0 Å². The lowest BCUT2D eigenvalue weighted by Crippen LogP contribution is -2.22. The highest BCUT2D eigenvalue weighted by Crippen LogP contribution is 2.03.